The van der Waals surface area contributed by atoms with Crippen LogP contribution in [0.2, 0.25) is 10.2 Å². The molecule has 1 aromatic carbocycles. The normalized spacial score (nSPS) is 10.2. The van der Waals surface area contributed by atoms with Crippen LogP contribution in [0.5, 0.6) is 0 Å². The quantitative estimate of drug-likeness (QED) is 0.853. The maximum Gasteiger partial charge on any atom is 0.255 e. The van der Waals surface area contributed by atoms with Gasteiger partial charge in [0.15, 0.2) is 0 Å². The van der Waals surface area contributed by atoms with Crippen LogP contribution in [0.1, 0.15) is 10.4 Å². The molecule has 6 heteroatoms. The fourth-order valence-electron chi connectivity index (χ4n) is 1.29. The predicted molar refractivity (Wildman–Crippen MR) is 68.6 cm³/mol. The Morgan fingerprint density at radius 2 is 2.00 bits per heavy atom. The largest absolute Gasteiger partial charge is 0.321 e. The van der Waals surface area contributed by atoms with Crippen LogP contribution < -0.4 is 5.32 Å². The Balaban J connectivity index is 2.16. The van der Waals surface area contributed by atoms with Crippen molar-refractivity contribution in [3.05, 3.63) is 58.1 Å². The van der Waals surface area contributed by atoms with Gasteiger partial charge in [-0.1, -0.05) is 23.2 Å². The Bertz CT molecular complexity index is 587. The molecule has 0 saturated heterocycles. The van der Waals surface area contributed by atoms with Gasteiger partial charge in [0, 0.05) is 5.56 Å². The second-order valence-electron chi connectivity index (χ2n) is 3.45. The minimum atomic E-state index is -0.568. The minimum absolute atomic E-state index is 0.100. The summed E-state index contributed by atoms with van der Waals surface area (Å²) in [5.74, 6) is -0.970. The lowest BCUT2D eigenvalue weighted by molar-refractivity contribution is 0.102. The maximum atomic E-state index is 12.9. The SMILES string of the molecule is O=C(Nc1ccc(Cl)nc1)c1ccc(F)c(Cl)c1. The second kappa shape index (κ2) is 5.33. The maximum absolute atomic E-state index is 12.9. The smallest absolute Gasteiger partial charge is 0.255 e. The van der Waals surface area contributed by atoms with Gasteiger partial charge in [-0.15, -0.1) is 0 Å². The van der Waals surface area contributed by atoms with Gasteiger partial charge in [0.2, 0.25) is 0 Å². The number of amides is 1. The number of pyridine rings is 1. The van der Waals surface area contributed by atoms with Gasteiger partial charge >= 0.3 is 0 Å². The van der Waals surface area contributed by atoms with Crippen LogP contribution in [0.4, 0.5) is 10.1 Å². The topological polar surface area (TPSA) is 42.0 Å². The summed E-state index contributed by atoms with van der Waals surface area (Å²) in [4.78, 5) is 15.6. The predicted octanol–water partition coefficient (Wildman–Crippen LogP) is 3.78. The molecule has 2 aromatic rings. The Morgan fingerprint density at radius 1 is 1.22 bits per heavy atom. The highest BCUT2D eigenvalue weighted by molar-refractivity contribution is 6.31. The van der Waals surface area contributed by atoms with Crippen LogP contribution in [0, 0.1) is 5.82 Å². The van der Waals surface area contributed by atoms with Gasteiger partial charge in [-0.3, -0.25) is 4.79 Å². The van der Waals surface area contributed by atoms with Crippen molar-refractivity contribution in [1.29, 1.82) is 0 Å². The molecule has 0 fully saturated rings. The first-order chi connectivity index (χ1) is 8.56. The molecule has 0 aliphatic carbocycles. The molecule has 0 radical (unpaired) electrons. The van der Waals surface area contributed by atoms with Gasteiger partial charge in [-0.25, -0.2) is 9.37 Å². The number of hydrogen-bond donors (Lipinski definition) is 1. The van der Waals surface area contributed by atoms with Gasteiger partial charge in [0.05, 0.1) is 16.9 Å². The average molecular weight is 285 g/mol. The fourth-order valence-corrected chi connectivity index (χ4v) is 1.58. The summed E-state index contributed by atoms with van der Waals surface area (Å²) in [6.45, 7) is 0. The molecule has 0 bridgehead atoms. The van der Waals surface area contributed by atoms with Crippen molar-refractivity contribution in [1.82, 2.24) is 4.98 Å². The van der Waals surface area contributed by atoms with Crippen LogP contribution in [0.3, 0.4) is 0 Å². The molecule has 0 saturated carbocycles. The summed E-state index contributed by atoms with van der Waals surface area (Å²) < 4.78 is 12.9. The number of aromatic nitrogens is 1. The van der Waals surface area contributed by atoms with Gasteiger partial charge in [0.25, 0.3) is 5.91 Å². The summed E-state index contributed by atoms with van der Waals surface area (Å²) in [6.07, 6.45) is 1.42. The number of nitrogens with one attached hydrogen (secondary N) is 1. The first-order valence-electron chi connectivity index (χ1n) is 4.94. The molecular weight excluding hydrogens is 278 g/mol. The lowest BCUT2D eigenvalue weighted by Crippen LogP contribution is -2.12. The van der Waals surface area contributed by atoms with E-state index in [0.717, 1.165) is 6.07 Å². The lowest BCUT2D eigenvalue weighted by Gasteiger charge is -2.05. The third kappa shape index (κ3) is 2.97. The molecule has 2 rings (SSSR count). The zero-order valence-corrected chi connectivity index (χ0v) is 10.5. The van der Waals surface area contributed by atoms with Crippen LogP contribution >= 0.6 is 23.2 Å². The van der Waals surface area contributed by atoms with Crippen molar-refractivity contribution < 1.29 is 9.18 Å². The summed E-state index contributed by atoms with van der Waals surface area (Å²) in [5, 5.41) is 2.82. The molecule has 0 aliphatic rings. The summed E-state index contributed by atoms with van der Waals surface area (Å²) in [5.41, 5.74) is 0.751. The third-order valence-corrected chi connectivity index (χ3v) is 2.68. The number of carbonyl (C=O) groups excluding carboxylic acids is 1. The fraction of sp³-hybridized carbons (Fsp3) is 0. The molecule has 1 aromatic heterocycles. The molecule has 0 atom stereocenters. The van der Waals surface area contributed by atoms with Crippen molar-refractivity contribution in [2.75, 3.05) is 5.32 Å². The molecular formula is C12H7Cl2FN2O. The number of nitrogens with zero attached hydrogens (tertiary/aromatic N) is 1. The number of benzene rings is 1. The molecule has 1 heterocycles. The molecule has 3 nitrogen and oxygen atoms in total. The van der Waals surface area contributed by atoms with E-state index < -0.39 is 11.7 Å². The lowest BCUT2D eigenvalue weighted by atomic mass is 10.2. The van der Waals surface area contributed by atoms with E-state index >= 15 is 0 Å². The Labute approximate surface area is 113 Å². The van der Waals surface area contributed by atoms with E-state index in [1.165, 1.54) is 18.3 Å². The van der Waals surface area contributed by atoms with E-state index in [1.54, 1.807) is 12.1 Å². The van der Waals surface area contributed by atoms with Crippen molar-refractivity contribution >= 4 is 34.8 Å². The van der Waals surface area contributed by atoms with Gasteiger partial charge in [0.1, 0.15) is 11.0 Å². The molecule has 0 unspecified atom stereocenters. The van der Waals surface area contributed by atoms with Crippen molar-refractivity contribution in [2.24, 2.45) is 0 Å². The van der Waals surface area contributed by atoms with Gasteiger partial charge < -0.3 is 5.32 Å². The second-order valence-corrected chi connectivity index (χ2v) is 4.25. The van der Waals surface area contributed by atoms with E-state index in [2.05, 4.69) is 10.3 Å². The molecule has 92 valence electrons. The molecule has 1 N–H and O–H groups in total. The van der Waals surface area contributed by atoms with Crippen molar-refractivity contribution in [3.63, 3.8) is 0 Å². The van der Waals surface area contributed by atoms with E-state index in [9.17, 15) is 9.18 Å². The van der Waals surface area contributed by atoms with Crippen LogP contribution in [0.15, 0.2) is 36.5 Å². The molecule has 1 amide bonds. The van der Waals surface area contributed by atoms with Crippen molar-refractivity contribution in [2.45, 2.75) is 0 Å². The molecule has 0 spiro atoms. The molecule has 0 aliphatic heterocycles. The van der Waals surface area contributed by atoms with E-state index in [0.29, 0.717) is 10.8 Å². The number of rotatable bonds is 2. The number of anilines is 1. The Morgan fingerprint density at radius 3 is 2.61 bits per heavy atom. The average Bonchev–Trinajstić information content (AvgIpc) is 2.35. The van der Waals surface area contributed by atoms with Gasteiger partial charge in [-0.05, 0) is 30.3 Å². The van der Waals surface area contributed by atoms with E-state index in [-0.39, 0.29) is 10.6 Å². The summed E-state index contributed by atoms with van der Waals surface area (Å²) in [6, 6.07) is 6.90. The highest BCUT2D eigenvalue weighted by atomic mass is 35.5. The van der Waals surface area contributed by atoms with Crippen LogP contribution in [-0.2, 0) is 0 Å². The number of hydrogen-bond acceptors (Lipinski definition) is 2. The highest BCUT2D eigenvalue weighted by Gasteiger charge is 2.09. The van der Waals surface area contributed by atoms with Crippen LogP contribution in [-0.4, -0.2) is 10.9 Å². The monoisotopic (exact) mass is 284 g/mol. The van der Waals surface area contributed by atoms with Crippen molar-refractivity contribution in [3.8, 4) is 0 Å². The minimum Gasteiger partial charge on any atom is -0.321 e. The van der Waals surface area contributed by atoms with Crippen LogP contribution in [0.25, 0.3) is 0 Å². The first-order valence-corrected chi connectivity index (χ1v) is 5.70. The zero-order chi connectivity index (χ0) is 13.1. The third-order valence-electron chi connectivity index (χ3n) is 2.17. The number of carbonyl (C=O) groups is 1. The van der Waals surface area contributed by atoms with Gasteiger partial charge in [-0.2, -0.15) is 0 Å². The Kier molecular flexibility index (Phi) is 3.79. The van der Waals surface area contributed by atoms with E-state index in [4.69, 9.17) is 23.2 Å². The van der Waals surface area contributed by atoms with E-state index in [1.807, 2.05) is 0 Å². The summed E-state index contributed by atoms with van der Waals surface area (Å²) in [7, 11) is 0. The standard InChI is InChI=1S/C12H7Cl2FN2O/c13-9-5-7(1-3-10(9)15)12(18)17-8-2-4-11(14)16-6-8/h1-6H,(H,17,18). The summed E-state index contributed by atoms with van der Waals surface area (Å²) >= 11 is 11.2. The zero-order valence-electron chi connectivity index (χ0n) is 8.95. The molecule has 18 heavy (non-hydrogen) atoms. The Hall–Kier alpha value is -1.65. The highest BCUT2D eigenvalue weighted by Crippen LogP contribution is 2.17. The number of halogens is 3. The first kappa shape index (κ1) is 12.8.